The van der Waals surface area contributed by atoms with Crippen molar-refractivity contribution in [2.75, 3.05) is 7.11 Å². The van der Waals surface area contributed by atoms with E-state index in [1.165, 1.54) is 11.8 Å². The number of alkyl halides is 3. The van der Waals surface area contributed by atoms with E-state index in [0.29, 0.717) is 22.7 Å². The summed E-state index contributed by atoms with van der Waals surface area (Å²) in [6, 6.07) is 9.34. The molecule has 3 rings (SSSR count). The molecule has 0 amide bonds. The van der Waals surface area contributed by atoms with Crippen LogP contribution in [0.25, 0.3) is 17.2 Å². The van der Waals surface area contributed by atoms with Crippen molar-refractivity contribution in [1.29, 1.82) is 0 Å². The first kappa shape index (κ1) is 16.9. The van der Waals surface area contributed by atoms with Gasteiger partial charge in [0, 0.05) is 11.3 Å². The maximum absolute atomic E-state index is 13.3. The molecule has 2 heterocycles. The van der Waals surface area contributed by atoms with Crippen molar-refractivity contribution < 1.29 is 17.9 Å². The molecule has 25 heavy (non-hydrogen) atoms. The summed E-state index contributed by atoms with van der Waals surface area (Å²) in [7, 11) is 1.49. The molecule has 0 bridgehead atoms. The molecule has 0 saturated carbocycles. The van der Waals surface area contributed by atoms with E-state index >= 15 is 0 Å². The van der Waals surface area contributed by atoms with Crippen LogP contribution >= 0.6 is 0 Å². The second kappa shape index (κ2) is 6.19. The third-order valence-electron chi connectivity index (χ3n) is 3.57. The van der Waals surface area contributed by atoms with E-state index in [-0.39, 0.29) is 11.6 Å². The molecular weight excluding hydrogens is 333 g/mol. The summed E-state index contributed by atoms with van der Waals surface area (Å²) in [5, 5.41) is 4.17. The van der Waals surface area contributed by atoms with Crippen molar-refractivity contribution in [3.63, 3.8) is 0 Å². The molecule has 1 aromatic carbocycles. The lowest BCUT2D eigenvalue weighted by atomic mass is 10.1. The van der Waals surface area contributed by atoms with Gasteiger partial charge in [-0.2, -0.15) is 18.3 Å². The van der Waals surface area contributed by atoms with Crippen molar-refractivity contribution in [2.24, 2.45) is 0 Å². The van der Waals surface area contributed by atoms with E-state index in [1.807, 2.05) is 0 Å². The highest BCUT2D eigenvalue weighted by atomic mass is 19.4. The first-order chi connectivity index (χ1) is 11.8. The third kappa shape index (κ3) is 3.47. The van der Waals surface area contributed by atoms with Crippen molar-refractivity contribution in [3.8, 4) is 23.0 Å². The number of benzene rings is 1. The zero-order valence-corrected chi connectivity index (χ0v) is 13.8. The van der Waals surface area contributed by atoms with Crippen LogP contribution in [0.2, 0.25) is 0 Å². The predicted molar refractivity (Wildman–Crippen MR) is 85.6 cm³/mol. The van der Waals surface area contributed by atoms with Gasteiger partial charge in [-0.3, -0.25) is 0 Å². The normalized spacial score (nSPS) is 11.6. The lowest BCUT2D eigenvalue weighted by Crippen LogP contribution is -2.14. The summed E-state index contributed by atoms with van der Waals surface area (Å²) < 4.78 is 46.3. The van der Waals surface area contributed by atoms with Crippen molar-refractivity contribution >= 4 is 0 Å². The minimum absolute atomic E-state index is 0.127. The molecule has 130 valence electrons. The maximum atomic E-state index is 13.3. The highest BCUT2D eigenvalue weighted by Crippen LogP contribution is 2.31. The van der Waals surface area contributed by atoms with Crippen molar-refractivity contribution in [3.05, 3.63) is 53.5 Å². The summed E-state index contributed by atoms with van der Waals surface area (Å²) in [6.45, 7) is 3.48. The number of hydrogen-bond donors (Lipinski definition) is 0. The zero-order chi connectivity index (χ0) is 18.2. The minimum atomic E-state index is -4.60. The Hall–Kier alpha value is -2.90. The van der Waals surface area contributed by atoms with E-state index < -0.39 is 11.9 Å². The number of methoxy groups -OCH3 is 1. The third-order valence-corrected chi connectivity index (χ3v) is 3.57. The molecular formula is C17H15F3N4O. The van der Waals surface area contributed by atoms with E-state index in [0.717, 1.165) is 6.07 Å². The molecule has 0 fully saturated rings. The Balaban J connectivity index is 2.21. The van der Waals surface area contributed by atoms with Crippen LogP contribution in [0.1, 0.15) is 17.1 Å². The van der Waals surface area contributed by atoms with Crippen LogP contribution in [0, 0.1) is 13.8 Å². The summed E-state index contributed by atoms with van der Waals surface area (Å²) in [4.78, 5) is 7.92. The predicted octanol–water partition coefficient (Wildman–Crippen LogP) is 3.97. The first-order valence-corrected chi connectivity index (χ1v) is 7.42. The summed E-state index contributed by atoms with van der Waals surface area (Å²) in [5.41, 5.74) is 0.927. The van der Waals surface area contributed by atoms with Crippen molar-refractivity contribution in [2.45, 2.75) is 20.0 Å². The van der Waals surface area contributed by atoms with Gasteiger partial charge in [0.25, 0.3) is 5.95 Å². The first-order valence-electron chi connectivity index (χ1n) is 7.42. The fraction of sp³-hybridized carbons (Fsp3) is 0.235. The number of halogens is 3. The monoisotopic (exact) mass is 348 g/mol. The molecule has 0 spiro atoms. The second-order valence-electron chi connectivity index (χ2n) is 5.51. The standard InChI is InChI=1S/C17H15F3N4O/c1-10-7-11(2)24(23-10)16-21-14(9-15(22-16)17(18,19)20)12-5-4-6-13(8-12)25-3/h4-9H,1-3H3. The largest absolute Gasteiger partial charge is 0.497 e. The van der Waals surface area contributed by atoms with Gasteiger partial charge in [0.15, 0.2) is 5.69 Å². The Bertz CT molecular complexity index is 918. The van der Waals surface area contributed by atoms with E-state index in [4.69, 9.17) is 4.74 Å². The second-order valence-corrected chi connectivity index (χ2v) is 5.51. The van der Waals surface area contributed by atoms with Gasteiger partial charge in [-0.25, -0.2) is 14.6 Å². The van der Waals surface area contributed by atoms with Gasteiger partial charge in [-0.1, -0.05) is 12.1 Å². The Morgan fingerprint density at radius 2 is 1.80 bits per heavy atom. The Kier molecular flexibility index (Phi) is 4.20. The number of aromatic nitrogens is 4. The fourth-order valence-electron chi connectivity index (χ4n) is 2.44. The van der Waals surface area contributed by atoms with Crippen molar-refractivity contribution in [1.82, 2.24) is 19.7 Å². The number of nitrogens with zero attached hydrogens (tertiary/aromatic N) is 4. The van der Waals surface area contributed by atoms with Gasteiger partial charge in [-0.15, -0.1) is 0 Å². The SMILES string of the molecule is COc1cccc(-c2cc(C(F)(F)F)nc(-n3nc(C)cc3C)n2)c1. The van der Waals surface area contributed by atoms with E-state index in [2.05, 4.69) is 15.1 Å². The zero-order valence-electron chi connectivity index (χ0n) is 13.8. The smallest absolute Gasteiger partial charge is 0.433 e. The van der Waals surface area contributed by atoms with Crippen LogP contribution in [0.4, 0.5) is 13.2 Å². The van der Waals surface area contributed by atoms with Gasteiger partial charge >= 0.3 is 6.18 Å². The van der Waals surface area contributed by atoms with E-state index in [1.54, 1.807) is 44.2 Å². The molecule has 5 nitrogen and oxygen atoms in total. The molecule has 3 aromatic rings. The number of hydrogen-bond acceptors (Lipinski definition) is 4. The van der Waals surface area contributed by atoms with Crippen LogP contribution in [0.5, 0.6) is 5.75 Å². The Labute approximate surface area is 142 Å². The van der Waals surface area contributed by atoms with Gasteiger partial charge in [-0.05, 0) is 38.1 Å². The molecule has 0 atom stereocenters. The summed E-state index contributed by atoms with van der Waals surface area (Å²) >= 11 is 0. The molecule has 8 heteroatoms. The highest BCUT2D eigenvalue weighted by Gasteiger charge is 2.34. The quantitative estimate of drug-likeness (QED) is 0.719. The van der Waals surface area contributed by atoms with Gasteiger partial charge in [0.1, 0.15) is 5.75 Å². The maximum Gasteiger partial charge on any atom is 0.433 e. The van der Waals surface area contributed by atoms with Crippen LogP contribution < -0.4 is 4.74 Å². The molecule has 0 N–H and O–H groups in total. The van der Waals surface area contributed by atoms with Gasteiger partial charge < -0.3 is 4.74 Å². The molecule has 0 radical (unpaired) electrons. The lowest BCUT2D eigenvalue weighted by Gasteiger charge is -2.12. The average Bonchev–Trinajstić information content (AvgIpc) is 2.92. The Morgan fingerprint density at radius 3 is 2.40 bits per heavy atom. The summed E-state index contributed by atoms with van der Waals surface area (Å²) in [6.07, 6.45) is -4.60. The van der Waals surface area contributed by atoms with Crippen LogP contribution in [-0.2, 0) is 6.18 Å². The number of aryl methyl sites for hydroxylation is 2. The Morgan fingerprint density at radius 1 is 1.04 bits per heavy atom. The molecule has 0 aliphatic carbocycles. The highest BCUT2D eigenvalue weighted by molar-refractivity contribution is 5.62. The fourth-order valence-corrected chi connectivity index (χ4v) is 2.44. The van der Waals surface area contributed by atoms with Crippen LogP contribution in [0.3, 0.4) is 0 Å². The molecule has 0 saturated heterocycles. The minimum Gasteiger partial charge on any atom is -0.497 e. The molecule has 0 aliphatic rings. The molecule has 0 unspecified atom stereocenters. The van der Waals surface area contributed by atoms with Crippen LogP contribution in [-0.4, -0.2) is 26.9 Å². The topological polar surface area (TPSA) is 52.8 Å². The number of rotatable bonds is 3. The lowest BCUT2D eigenvalue weighted by molar-refractivity contribution is -0.141. The molecule has 2 aromatic heterocycles. The molecule has 0 aliphatic heterocycles. The summed E-state index contributed by atoms with van der Waals surface area (Å²) in [5.74, 6) is 0.399. The van der Waals surface area contributed by atoms with E-state index in [9.17, 15) is 13.2 Å². The van der Waals surface area contributed by atoms with Crippen LogP contribution in [0.15, 0.2) is 36.4 Å². The number of ether oxygens (including phenoxy) is 1. The average molecular weight is 348 g/mol. The van der Waals surface area contributed by atoms with Gasteiger partial charge in [0.05, 0.1) is 18.5 Å². The van der Waals surface area contributed by atoms with Gasteiger partial charge in [0.2, 0.25) is 0 Å².